The van der Waals surface area contributed by atoms with Gasteiger partial charge in [-0.25, -0.2) is 0 Å². The number of hydrogen-bond acceptors (Lipinski definition) is 8. The van der Waals surface area contributed by atoms with E-state index in [2.05, 4.69) is 21.3 Å². The first-order valence-corrected chi connectivity index (χ1v) is 16.8. The highest BCUT2D eigenvalue weighted by atomic mass is 32.2. The van der Waals surface area contributed by atoms with Gasteiger partial charge >= 0.3 is 0 Å². The molecule has 0 saturated carbocycles. The molecular formula is C32H61N5O4S. The predicted molar refractivity (Wildman–Crippen MR) is 180 cm³/mol. The number of nitrogens with one attached hydrogen (secondary N) is 4. The maximum absolute atomic E-state index is 12.2. The number of carbonyl (C=O) groups excluding carboxylic acids is 4. The van der Waals surface area contributed by atoms with Gasteiger partial charge in [-0.2, -0.15) is 11.8 Å². The molecule has 0 saturated heterocycles. The fraction of sp³-hybridized carbons (Fsp3) is 0.688. The van der Waals surface area contributed by atoms with Crippen LogP contribution in [0.4, 0.5) is 0 Å². The summed E-state index contributed by atoms with van der Waals surface area (Å²) < 4.78 is 0. The van der Waals surface area contributed by atoms with E-state index in [0.29, 0.717) is 25.7 Å². The molecule has 2 amide bonds. The average molecular weight is 612 g/mol. The van der Waals surface area contributed by atoms with Crippen LogP contribution in [0.25, 0.3) is 0 Å². The van der Waals surface area contributed by atoms with Crippen molar-refractivity contribution in [2.45, 2.75) is 98.7 Å². The molecule has 0 aliphatic heterocycles. The van der Waals surface area contributed by atoms with Gasteiger partial charge < -0.3 is 31.8 Å². The highest BCUT2D eigenvalue weighted by Crippen LogP contribution is 2.06. The molecule has 0 aromatic heterocycles. The summed E-state index contributed by atoms with van der Waals surface area (Å²) in [6, 6.07) is 9.15. The Labute approximate surface area is 260 Å². The Bertz CT molecular complexity index is 796. The summed E-state index contributed by atoms with van der Waals surface area (Å²) in [5.41, 5.74) is 7.00. The molecule has 0 spiro atoms. The molecule has 0 radical (unpaired) electrons. The van der Waals surface area contributed by atoms with E-state index >= 15 is 0 Å². The zero-order valence-corrected chi connectivity index (χ0v) is 28.6. The van der Waals surface area contributed by atoms with Gasteiger partial charge in [0.15, 0.2) is 5.78 Å². The van der Waals surface area contributed by atoms with Crippen LogP contribution in [0.5, 0.6) is 0 Å². The SMILES string of the molecule is CC.CC.CCNC(CCSC)C(=O)NCC=O.CNC(Cc1ccccc1)C(=O)NCCCCC(N)C(=O)C(C)C. The van der Waals surface area contributed by atoms with Gasteiger partial charge in [-0.1, -0.05) is 78.8 Å². The summed E-state index contributed by atoms with van der Waals surface area (Å²) in [5, 5.41) is 11.6. The highest BCUT2D eigenvalue weighted by molar-refractivity contribution is 7.98. The van der Waals surface area contributed by atoms with E-state index in [1.165, 1.54) is 0 Å². The van der Waals surface area contributed by atoms with Crippen LogP contribution in [0.3, 0.4) is 0 Å². The molecule has 1 aromatic carbocycles. The zero-order chi connectivity index (χ0) is 32.8. The van der Waals surface area contributed by atoms with Gasteiger partial charge in [0.1, 0.15) is 6.29 Å². The lowest BCUT2D eigenvalue weighted by Gasteiger charge is -2.16. The molecule has 0 aliphatic rings. The Morgan fingerprint density at radius 1 is 0.929 bits per heavy atom. The van der Waals surface area contributed by atoms with Gasteiger partial charge in [-0.3, -0.25) is 14.4 Å². The number of benzene rings is 1. The lowest BCUT2D eigenvalue weighted by Crippen LogP contribution is -2.45. The molecule has 0 aliphatic carbocycles. The van der Waals surface area contributed by atoms with Crippen LogP contribution < -0.4 is 27.0 Å². The number of Topliss-reactive ketones (excluding diaryl/α,β-unsaturated/α-hetero) is 1. The Kier molecular flexibility index (Phi) is 33.3. The summed E-state index contributed by atoms with van der Waals surface area (Å²) in [4.78, 5) is 45.5. The van der Waals surface area contributed by atoms with Crippen molar-refractivity contribution in [3.8, 4) is 0 Å². The minimum Gasteiger partial charge on any atom is -0.355 e. The smallest absolute Gasteiger partial charge is 0.237 e. The second kappa shape index (κ2) is 31.7. The number of thioether (sulfide) groups is 1. The van der Waals surface area contributed by atoms with Gasteiger partial charge in [0.25, 0.3) is 0 Å². The van der Waals surface area contributed by atoms with Crippen molar-refractivity contribution in [3.63, 3.8) is 0 Å². The first kappa shape index (κ1) is 44.2. The molecule has 6 N–H and O–H groups in total. The van der Waals surface area contributed by atoms with Crippen molar-refractivity contribution >= 4 is 35.6 Å². The number of nitrogens with two attached hydrogens (primary N) is 1. The van der Waals surface area contributed by atoms with E-state index in [1.54, 1.807) is 18.8 Å². The molecule has 1 aromatic rings. The van der Waals surface area contributed by atoms with E-state index in [0.717, 1.165) is 37.1 Å². The third-order valence-electron chi connectivity index (χ3n) is 5.86. The van der Waals surface area contributed by atoms with Crippen LogP contribution in [0.1, 0.15) is 79.7 Å². The molecule has 0 bridgehead atoms. The van der Waals surface area contributed by atoms with Crippen molar-refractivity contribution in [3.05, 3.63) is 35.9 Å². The van der Waals surface area contributed by atoms with Gasteiger partial charge in [0.05, 0.1) is 24.7 Å². The normalized spacial score (nSPS) is 12.1. The van der Waals surface area contributed by atoms with Crippen LogP contribution in [0.15, 0.2) is 30.3 Å². The minimum absolute atomic E-state index is 0.00362. The average Bonchev–Trinajstić information content (AvgIpc) is 3.02. The highest BCUT2D eigenvalue weighted by Gasteiger charge is 2.18. The van der Waals surface area contributed by atoms with Crippen LogP contribution >= 0.6 is 11.8 Å². The van der Waals surface area contributed by atoms with E-state index in [1.807, 2.05) is 85.1 Å². The summed E-state index contributed by atoms with van der Waals surface area (Å²) >= 11 is 1.71. The molecule has 10 heteroatoms. The number of aldehydes is 1. The first-order valence-electron chi connectivity index (χ1n) is 15.4. The maximum atomic E-state index is 12.2. The lowest BCUT2D eigenvalue weighted by molar-refractivity contribution is -0.124. The van der Waals surface area contributed by atoms with Crippen molar-refractivity contribution in [1.82, 2.24) is 21.3 Å². The van der Waals surface area contributed by atoms with Crippen LogP contribution in [0, 0.1) is 5.92 Å². The number of carbonyl (C=O) groups is 4. The molecule has 244 valence electrons. The standard InChI is InChI=1S/C19H31N3O2.C9H18N2O2S.2C2H6/c1-14(2)18(23)16(20)11-7-8-12-22-19(24)17(21-3)13-15-9-5-4-6-10-15;1-3-10-8(4-7-14-2)9(13)11-5-6-12;2*1-2/h4-6,9-10,14,16-17,21H,7-8,11-13,20H2,1-3H3,(H,22,24);6,8,10H,3-5,7H2,1-2H3,(H,11,13);2*1-2H3. The lowest BCUT2D eigenvalue weighted by atomic mass is 9.98. The second-order valence-corrected chi connectivity index (χ2v) is 10.3. The van der Waals surface area contributed by atoms with E-state index in [9.17, 15) is 19.2 Å². The molecule has 0 heterocycles. The third kappa shape index (κ3) is 23.3. The third-order valence-corrected chi connectivity index (χ3v) is 6.50. The number of rotatable bonds is 19. The Morgan fingerprint density at radius 3 is 2.02 bits per heavy atom. The number of hydrogen-bond donors (Lipinski definition) is 5. The van der Waals surface area contributed by atoms with Gasteiger partial charge in [-0.05, 0) is 63.3 Å². The topological polar surface area (TPSA) is 142 Å². The van der Waals surface area contributed by atoms with Gasteiger partial charge in [0.2, 0.25) is 11.8 Å². The number of likely N-dealkylation sites (N-methyl/N-ethyl adjacent to an activating group) is 2. The largest absolute Gasteiger partial charge is 0.355 e. The zero-order valence-electron chi connectivity index (χ0n) is 27.8. The van der Waals surface area contributed by atoms with Crippen molar-refractivity contribution < 1.29 is 19.2 Å². The molecular weight excluding hydrogens is 550 g/mol. The molecule has 1 rings (SSSR count). The van der Waals surface area contributed by atoms with E-state index in [4.69, 9.17) is 5.73 Å². The number of unbranched alkanes of at least 4 members (excludes halogenated alkanes) is 1. The monoisotopic (exact) mass is 611 g/mol. The number of amides is 2. The summed E-state index contributed by atoms with van der Waals surface area (Å²) in [5.74, 6) is 0.940. The van der Waals surface area contributed by atoms with Gasteiger partial charge in [0, 0.05) is 12.5 Å². The number of ketones is 1. The molecule has 3 atom stereocenters. The molecule has 42 heavy (non-hydrogen) atoms. The summed E-state index contributed by atoms with van der Waals surface area (Å²) in [6.45, 7) is 15.2. The quantitative estimate of drug-likeness (QED) is 0.118. The van der Waals surface area contributed by atoms with Crippen molar-refractivity contribution in [1.29, 1.82) is 0 Å². The minimum atomic E-state index is -0.385. The van der Waals surface area contributed by atoms with Crippen molar-refractivity contribution in [2.24, 2.45) is 11.7 Å². The fourth-order valence-corrected chi connectivity index (χ4v) is 4.11. The van der Waals surface area contributed by atoms with E-state index in [-0.39, 0.29) is 48.2 Å². The Morgan fingerprint density at radius 2 is 1.52 bits per heavy atom. The molecule has 3 unspecified atom stereocenters. The second-order valence-electron chi connectivity index (χ2n) is 9.28. The summed E-state index contributed by atoms with van der Waals surface area (Å²) in [7, 11) is 1.80. The maximum Gasteiger partial charge on any atom is 0.237 e. The Balaban J connectivity index is -0.000000721. The van der Waals surface area contributed by atoms with Crippen molar-refractivity contribution in [2.75, 3.05) is 38.7 Å². The molecule has 9 nitrogen and oxygen atoms in total. The van der Waals surface area contributed by atoms with Gasteiger partial charge in [-0.15, -0.1) is 0 Å². The summed E-state index contributed by atoms with van der Waals surface area (Å²) in [6.07, 6.45) is 6.49. The van der Waals surface area contributed by atoms with E-state index < -0.39 is 0 Å². The molecule has 0 fully saturated rings. The Hall–Kier alpha value is -2.27. The van der Waals surface area contributed by atoms with Crippen LogP contribution in [0.2, 0.25) is 0 Å². The predicted octanol–water partition coefficient (Wildman–Crippen LogP) is 3.74. The fourth-order valence-electron chi connectivity index (χ4n) is 3.64. The van der Waals surface area contributed by atoms with Crippen LogP contribution in [-0.4, -0.2) is 80.7 Å². The van der Waals surface area contributed by atoms with Crippen LogP contribution in [-0.2, 0) is 25.6 Å². The first-order chi connectivity index (χ1) is 20.2.